The molecule has 1 aliphatic rings. The van der Waals surface area contributed by atoms with Crippen molar-refractivity contribution >= 4 is 28.0 Å². The van der Waals surface area contributed by atoms with E-state index in [2.05, 4.69) is 33.4 Å². The molecule has 0 spiro atoms. The molecule has 0 saturated heterocycles. The Labute approximate surface area is 175 Å². The summed E-state index contributed by atoms with van der Waals surface area (Å²) in [7, 11) is 0. The topological polar surface area (TPSA) is 88.8 Å². The van der Waals surface area contributed by atoms with Gasteiger partial charge in [-0.1, -0.05) is 48.5 Å². The van der Waals surface area contributed by atoms with Crippen molar-refractivity contribution in [1.29, 1.82) is 0 Å². The first-order valence-electron chi connectivity index (χ1n) is 9.11. The number of ether oxygens (including phenoxy) is 1. The summed E-state index contributed by atoms with van der Waals surface area (Å²) in [5.41, 5.74) is 4.50. The maximum atomic E-state index is 12.4. The van der Waals surface area contributed by atoms with E-state index in [4.69, 9.17) is 14.3 Å². The van der Waals surface area contributed by atoms with Gasteiger partial charge in [-0.3, -0.25) is 4.79 Å². The highest BCUT2D eigenvalue weighted by atomic mass is 79.9. The quantitative estimate of drug-likeness (QED) is 0.539. The number of hydrogen-bond acceptors (Lipinski definition) is 4. The molecule has 1 amide bonds. The molecule has 1 atom stereocenters. The van der Waals surface area contributed by atoms with Gasteiger partial charge in [0.05, 0.1) is 6.42 Å². The van der Waals surface area contributed by atoms with Crippen LogP contribution in [0.1, 0.15) is 35.3 Å². The van der Waals surface area contributed by atoms with Crippen molar-refractivity contribution in [3.63, 3.8) is 0 Å². The van der Waals surface area contributed by atoms with Crippen LogP contribution in [0.15, 0.2) is 69.8 Å². The van der Waals surface area contributed by atoms with Gasteiger partial charge in [0.25, 0.3) is 0 Å². The van der Waals surface area contributed by atoms with Crippen LogP contribution in [0.25, 0.3) is 11.1 Å². The number of carboxylic acids is 1. The SMILES string of the molecule is O=C(O)CC(NC(=O)OCC1c2ccccc2-c2ccccc21)c1ccc(Br)o1. The van der Waals surface area contributed by atoms with Gasteiger partial charge in [0.2, 0.25) is 0 Å². The third kappa shape index (κ3) is 4.05. The van der Waals surface area contributed by atoms with Gasteiger partial charge in [-0.15, -0.1) is 0 Å². The second-order valence-electron chi connectivity index (χ2n) is 6.76. The van der Waals surface area contributed by atoms with Crippen molar-refractivity contribution in [3.8, 4) is 11.1 Å². The minimum atomic E-state index is -1.05. The summed E-state index contributed by atoms with van der Waals surface area (Å²) in [6.45, 7) is 0.154. The highest BCUT2D eigenvalue weighted by molar-refractivity contribution is 9.10. The van der Waals surface area contributed by atoms with Gasteiger partial charge < -0.3 is 19.6 Å². The monoisotopic (exact) mass is 455 g/mol. The number of rotatable bonds is 6. The van der Waals surface area contributed by atoms with Crippen LogP contribution in [0.4, 0.5) is 4.79 Å². The number of carboxylic acid groups (broad SMARTS) is 1. The molecule has 1 aliphatic carbocycles. The summed E-state index contributed by atoms with van der Waals surface area (Å²) >= 11 is 3.18. The number of hydrogen-bond donors (Lipinski definition) is 2. The number of furan rings is 1. The molecule has 0 fully saturated rings. The van der Waals surface area contributed by atoms with Crippen molar-refractivity contribution in [2.45, 2.75) is 18.4 Å². The van der Waals surface area contributed by atoms with E-state index in [1.54, 1.807) is 12.1 Å². The number of nitrogens with one attached hydrogen (secondary N) is 1. The molecule has 29 heavy (non-hydrogen) atoms. The molecule has 0 aliphatic heterocycles. The van der Waals surface area contributed by atoms with E-state index in [1.807, 2.05) is 36.4 Å². The lowest BCUT2D eigenvalue weighted by Gasteiger charge is -2.17. The molecule has 1 heterocycles. The van der Waals surface area contributed by atoms with Crippen LogP contribution < -0.4 is 5.32 Å². The van der Waals surface area contributed by atoms with Crippen LogP contribution >= 0.6 is 15.9 Å². The third-order valence-electron chi connectivity index (χ3n) is 4.95. The summed E-state index contributed by atoms with van der Waals surface area (Å²) in [6, 6.07) is 18.5. The van der Waals surface area contributed by atoms with Gasteiger partial charge >= 0.3 is 12.1 Å². The molecule has 4 rings (SSSR count). The molecule has 3 aromatic rings. The largest absolute Gasteiger partial charge is 0.481 e. The molecule has 0 saturated carbocycles. The van der Waals surface area contributed by atoms with Gasteiger partial charge in [0.1, 0.15) is 18.4 Å². The van der Waals surface area contributed by atoms with E-state index in [-0.39, 0.29) is 18.9 Å². The van der Waals surface area contributed by atoms with E-state index in [0.29, 0.717) is 10.4 Å². The lowest BCUT2D eigenvalue weighted by molar-refractivity contribution is -0.137. The number of alkyl carbamates (subject to hydrolysis) is 1. The molecule has 148 valence electrons. The number of carbonyl (C=O) groups is 2. The van der Waals surface area contributed by atoms with Gasteiger partial charge in [-0.2, -0.15) is 0 Å². The zero-order valence-electron chi connectivity index (χ0n) is 15.3. The van der Waals surface area contributed by atoms with Crippen LogP contribution in [0.5, 0.6) is 0 Å². The smallest absolute Gasteiger partial charge is 0.407 e. The molecule has 6 nitrogen and oxygen atoms in total. The highest BCUT2D eigenvalue weighted by Gasteiger charge is 2.29. The lowest BCUT2D eigenvalue weighted by Crippen LogP contribution is -2.31. The van der Waals surface area contributed by atoms with Gasteiger partial charge in [0.15, 0.2) is 4.67 Å². The third-order valence-corrected chi connectivity index (χ3v) is 5.38. The van der Waals surface area contributed by atoms with Crippen molar-refractivity contribution < 1.29 is 23.8 Å². The predicted octanol–water partition coefficient (Wildman–Crippen LogP) is 5.10. The Hall–Kier alpha value is -3.06. The van der Waals surface area contributed by atoms with Gasteiger partial charge in [0, 0.05) is 5.92 Å². The Morgan fingerprint density at radius 3 is 2.21 bits per heavy atom. The fraction of sp³-hybridized carbons (Fsp3) is 0.182. The minimum Gasteiger partial charge on any atom is -0.481 e. The number of halogens is 1. The number of benzene rings is 2. The van der Waals surface area contributed by atoms with E-state index >= 15 is 0 Å². The number of aliphatic carboxylic acids is 1. The summed E-state index contributed by atoms with van der Waals surface area (Å²) in [4.78, 5) is 23.6. The van der Waals surface area contributed by atoms with Crippen molar-refractivity contribution in [1.82, 2.24) is 5.32 Å². The molecule has 0 bridgehead atoms. The maximum absolute atomic E-state index is 12.4. The summed E-state index contributed by atoms with van der Waals surface area (Å²) in [5, 5.41) is 11.7. The number of fused-ring (bicyclic) bond motifs is 3. The molecular weight excluding hydrogens is 438 g/mol. The molecular formula is C22H18BrNO5. The Morgan fingerprint density at radius 2 is 1.66 bits per heavy atom. The second kappa shape index (κ2) is 8.13. The molecule has 0 radical (unpaired) electrons. The van der Waals surface area contributed by atoms with Crippen molar-refractivity contribution in [2.24, 2.45) is 0 Å². The van der Waals surface area contributed by atoms with Crippen molar-refractivity contribution in [2.75, 3.05) is 6.61 Å². The Morgan fingerprint density at radius 1 is 1.03 bits per heavy atom. The van der Waals surface area contributed by atoms with E-state index in [0.717, 1.165) is 22.3 Å². The molecule has 1 unspecified atom stereocenters. The normalized spacial score (nSPS) is 13.4. The first-order valence-corrected chi connectivity index (χ1v) is 9.91. The predicted molar refractivity (Wildman–Crippen MR) is 110 cm³/mol. The Kier molecular flexibility index (Phi) is 5.40. The minimum absolute atomic E-state index is 0.0659. The first-order chi connectivity index (χ1) is 14.0. The summed E-state index contributed by atoms with van der Waals surface area (Å²) < 4.78 is 11.3. The van der Waals surface area contributed by atoms with Crippen LogP contribution in [-0.2, 0) is 9.53 Å². The van der Waals surface area contributed by atoms with Crippen LogP contribution in [0.2, 0.25) is 0 Å². The van der Waals surface area contributed by atoms with Crippen LogP contribution in [0, 0.1) is 0 Å². The molecule has 1 aromatic heterocycles. The van der Waals surface area contributed by atoms with E-state index in [9.17, 15) is 9.59 Å². The zero-order chi connectivity index (χ0) is 20.4. The summed E-state index contributed by atoms with van der Waals surface area (Å²) in [5.74, 6) is -0.780. The van der Waals surface area contributed by atoms with E-state index in [1.165, 1.54) is 0 Å². The maximum Gasteiger partial charge on any atom is 0.407 e. The fourth-order valence-electron chi connectivity index (χ4n) is 3.70. The van der Waals surface area contributed by atoms with Crippen molar-refractivity contribution in [3.05, 3.63) is 82.2 Å². The summed E-state index contributed by atoms with van der Waals surface area (Å²) in [6.07, 6.45) is -1.00. The number of amides is 1. The fourth-order valence-corrected chi connectivity index (χ4v) is 4.01. The van der Waals surface area contributed by atoms with Gasteiger partial charge in [-0.05, 0) is 50.3 Å². The number of carbonyl (C=O) groups excluding carboxylic acids is 1. The Balaban J connectivity index is 1.47. The first kappa shape index (κ1) is 19.3. The average molecular weight is 456 g/mol. The average Bonchev–Trinajstić information content (AvgIpc) is 3.27. The second-order valence-corrected chi connectivity index (χ2v) is 7.54. The zero-order valence-corrected chi connectivity index (χ0v) is 16.9. The van der Waals surface area contributed by atoms with E-state index < -0.39 is 18.1 Å². The standard InChI is InChI=1S/C22H18BrNO5/c23-20-10-9-19(29-20)18(11-21(25)26)24-22(27)28-12-17-15-7-3-1-5-13(15)14-6-2-4-8-16(14)17/h1-10,17-18H,11-12H2,(H,24,27)(H,25,26). The lowest BCUT2D eigenvalue weighted by atomic mass is 9.98. The molecule has 7 heteroatoms. The highest BCUT2D eigenvalue weighted by Crippen LogP contribution is 2.44. The van der Waals surface area contributed by atoms with Gasteiger partial charge in [-0.25, -0.2) is 4.79 Å². The van der Waals surface area contributed by atoms with Crippen LogP contribution in [0.3, 0.4) is 0 Å². The van der Waals surface area contributed by atoms with Crippen LogP contribution in [-0.4, -0.2) is 23.8 Å². The Bertz CT molecular complexity index is 1020. The molecule has 2 N–H and O–H groups in total. The molecule has 2 aromatic carbocycles.